The quantitative estimate of drug-likeness (QED) is 0.632. The zero-order valence-electron chi connectivity index (χ0n) is 5.63. The topological polar surface area (TPSA) is 55.1 Å². The molecule has 1 amide bonds. The summed E-state index contributed by atoms with van der Waals surface area (Å²) in [5.74, 6) is 1.23. The zero-order chi connectivity index (χ0) is 7.40. The number of aromatic nitrogens is 1. The summed E-state index contributed by atoms with van der Waals surface area (Å²) >= 11 is 0. The molecule has 54 valence electrons. The highest BCUT2D eigenvalue weighted by Crippen LogP contribution is 2.07. The summed E-state index contributed by atoms with van der Waals surface area (Å²) in [7, 11) is 0. The molecule has 1 N–H and O–H groups in total. The third-order valence-corrected chi connectivity index (χ3v) is 1.11. The molecule has 0 radical (unpaired) electrons. The maximum Gasteiger partial charge on any atom is 0.212 e. The molecule has 0 spiro atoms. The standard InChI is InChI=1S/C6H8N2O2/c1-2-5-3-6(7-4-9)8-10-5/h3-4H,2H2,1H3,(H,7,8,9). The summed E-state index contributed by atoms with van der Waals surface area (Å²) in [6.45, 7) is 1.95. The molecule has 0 aliphatic heterocycles. The summed E-state index contributed by atoms with van der Waals surface area (Å²) in [6.07, 6.45) is 1.35. The Bertz CT molecular complexity index is 219. The molecule has 0 bridgehead atoms. The van der Waals surface area contributed by atoms with Crippen LogP contribution in [0.2, 0.25) is 0 Å². The molecule has 1 heterocycles. The van der Waals surface area contributed by atoms with Crippen LogP contribution >= 0.6 is 0 Å². The normalized spacial score (nSPS) is 9.30. The summed E-state index contributed by atoms with van der Waals surface area (Å²) < 4.78 is 4.79. The van der Waals surface area contributed by atoms with Crippen LogP contribution in [0, 0.1) is 0 Å². The molecule has 0 aliphatic rings. The second-order valence-corrected chi connectivity index (χ2v) is 1.79. The second kappa shape index (κ2) is 3.00. The predicted molar refractivity (Wildman–Crippen MR) is 35.6 cm³/mol. The summed E-state index contributed by atoms with van der Waals surface area (Å²) in [5, 5.41) is 5.94. The first-order chi connectivity index (χ1) is 4.86. The van der Waals surface area contributed by atoms with E-state index in [1.165, 1.54) is 0 Å². The van der Waals surface area contributed by atoms with Gasteiger partial charge in [-0.3, -0.25) is 4.79 Å². The number of hydrogen-bond acceptors (Lipinski definition) is 3. The fourth-order valence-electron chi connectivity index (χ4n) is 0.608. The Balaban J connectivity index is 2.67. The molecular formula is C6H8N2O2. The monoisotopic (exact) mass is 140 g/mol. The number of anilines is 1. The average molecular weight is 140 g/mol. The summed E-state index contributed by atoms with van der Waals surface area (Å²) in [5.41, 5.74) is 0. The first-order valence-electron chi connectivity index (χ1n) is 3.02. The van der Waals surface area contributed by atoms with E-state index in [1.54, 1.807) is 6.07 Å². The SMILES string of the molecule is CCc1cc(NC=O)no1. The third-order valence-electron chi connectivity index (χ3n) is 1.11. The van der Waals surface area contributed by atoms with E-state index in [9.17, 15) is 4.79 Å². The highest BCUT2D eigenvalue weighted by Gasteiger charge is 1.98. The zero-order valence-corrected chi connectivity index (χ0v) is 5.63. The van der Waals surface area contributed by atoms with Crippen molar-refractivity contribution in [3.8, 4) is 0 Å². The Morgan fingerprint density at radius 3 is 3.20 bits per heavy atom. The molecule has 0 saturated carbocycles. The molecule has 0 aliphatic carbocycles. The molecule has 0 atom stereocenters. The number of nitrogens with one attached hydrogen (secondary N) is 1. The largest absolute Gasteiger partial charge is 0.359 e. The fraction of sp³-hybridized carbons (Fsp3) is 0.333. The van der Waals surface area contributed by atoms with E-state index in [1.807, 2.05) is 6.92 Å². The lowest BCUT2D eigenvalue weighted by molar-refractivity contribution is -0.105. The van der Waals surface area contributed by atoms with Gasteiger partial charge < -0.3 is 9.84 Å². The Kier molecular flexibility index (Phi) is 2.04. The second-order valence-electron chi connectivity index (χ2n) is 1.79. The van der Waals surface area contributed by atoms with Gasteiger partial charge in [0.05, 0.1) is 0 Å². The lowest BCUT2D eigenvalue weighted by Crippen LogP contribution is -1.92. The van der Waals surface area contributed by atoms with Crippen molar-refractivity contribution >= 4 is 12.2 Å². The van der Waals surface area contributed by atoms with Gasteiger partial charge in [-0.25, -0.2) is 0 Å². The third kappa shape index (κ3) is 1.34. The van der Waals surface area contributed by atoms with Crippen LogP contribution in [0.25, 0.3) is 0 Å². The van der Waals surface area contributed by atoms with Crippen LogP contribution in [-0.2, 0) is 11.2 Å². The average Bonchev–Trinajstić information content (AvgIpc) is 2.37. The van der Waals surface area contributed by atoms with Crippen molar-refractivity contribution in [2.75, 3.05) is 5.32 Å². The minimum absolute atomic E-state index is 0.465. The molecule has 0 unspecified atom stereocenters. The van der Waals surface area contributed by atoms with Crippen molar-refractivity contribution in [1.82, 2.24) is 5.16 Å². The van der Waals surface area contributed by atoms with Crippen LogP contribution in [0.15, 0.2) is 10.6 Å². The van der Waals surface area contributed by atoms with Crippen molar-refractivity contribution in [2.45, 2.75) is 13.3 Å². The number of hydrogen-bond donors (Lipinski definition) is 1. The van der Waals surface area contributed by atoms with Gasteiger partial charge in [0.1, 0.15) is 5.76 Å². The number of rotatable bonds is 3. The Morgan fingerprint density at radius 2 is 2.70 bits per heavy atom. The van der Waals surface area contributed by atoms with E-state index in [2.05, 4.69) is 10.5 Å². The number of carbonyl (C=O) groups excluding carboxylic acids is 1. The van der Waals surface area contributed by atoms with E-state index < -0.39 is 0 Å². The minimum Gasteiger partial charge on any atom is -0.359 e. The fourth-order valence-corrected chi connectivity index (χ4v) is 0.608. The Morgan fingerprint density at radius 1 is 1.90 bits per heavy atom. The summed E-state index contributed by atoms with van der Waals surface area (Å²) in [4.78, 5) is 9.88. The van der Waals surface area contributed by atoms with E-state index in [4.69, 9.17) is 4.52 Å². The molecule has 0 aromatic carbocycles. The lowest BCUT2D eigenvalue weighted by Gasteiger charge is -1.82. The minimum atomic E-state index is 0.465. The van der Waals surface area contributed by atoms with Gasteiger partial charge in [0.25, 0.3) is 0 Å². The molecule has 1 rings (SSSR count). The van der Waals surface area contributed by atoms with Crippen LogP contribution in [0.3, 0.4) is 0 Å². The maximum atomic E-state index is 9.88. The van der Waals surface area contributed by atoms with Gasteiger partial charge in [0, 0.05) is 12.5 Å². The van der Waals surface area contributed by atoms with Crippen molar-refractivity contribution in [3.05, 3.63) is 11.8 Å². The predicted octanol–water partition coefficient (Wildman–Crippen LogP) is 0.805. The number of aryl methyl sites for hydroxylation is 1. The van der Waals surface area contributed by atoms with Crippen molar-refractivity contribution in [2.24, 2.45) is 0 Å². The smallest absolute Gasteiger partial charge is 0.212 e. The molecule has 10 heavy (non-hydrogen) atoms. The van der Waals surface area contributed by atoms with Gasteiger partial charge in [-0.05, 0) is 0 Å². The first kappa shape index (κ1) is 6.80. The van der Waals surface area contributed by atoms with E-state index in [0.717, 1.165) is 12.2 Å². The van der Waals surface area contributed by atoms with Gasteiger partial charge in [-0.1, -0.05) is 12.1 Å². The summed E-state index contributed by atoms with van der Waals surface area (Å²) in [6, 6.07) is 1.69. The van der Waals surface area contributed by atoms with Crippen LogP contribution in [0.5, 0.6) is 0 Å². The molecule has 0 fully saturated rings. The van der Waals surface area contributed by atoms with E-state index >= 15 is 0 Å². The Labute approximate surface area is 58.2 Å². The van der Waals surface area contributed by atoms with Crippen molar-refractivity contribution in [1.29, 1.82) is 0 Å². The lowest BCUT2D eigenvalue weighted by atomic mass is 10.4. The van der Waals surface area contributed by atoms with Gasteiger partial charge in [-0.15, -0.1) is 0 Å². The van der Waals surface area contributed by atoms with Gasteiger partial charge in [-0.2, -0.15) is 0 Å². The highest BCUT2D eigenvalue weighted by atomic mass is 16.5. The van der Waals surface area contributed by atoms with Crippen LogP contribution < -0.4 is 5.32 Å². The highest BCUT2D eigenvalue weighted by molar-refractivity contribution is 5.68. The maximum absolute atomic E-state index is 9.88. The molecule has 1 aromatic rings. The van der Waals surface area contributed by atoms with Crippen molar-refractivity contribution in [3.63, 3.8) is 0 Å². The van der Waals surface area contributed by atoms with Gasteiger partial charge in [0.15, 0.2) is 5.82 Å². The van der Waals surface area contributed by atoms with Crippen molar-refractivity contribution < 1.29 is 9.32 Å². The van der Waals surface area contributed by atoms with Crippen LogP contribution in [-0.4, -0.2) is 11.6 Å². The Hall–Kier alpha value is -1.32. The number of carbonyl (C=O) groups is 1. The van der Waals surface area contributed by atoms with E-state index in [0.29, 0.717) is 12.2 Å². The molecule has 4 nitrogen and oxygen atoms in total. The van der Waals surface area contributed by atoms with Gasteiger partial charge >= 0.3 is 0 Å². The molecule has 0 saturated heterocycles. The molecule has 4 heteroatoms. The number of nitrogens with zero attached hydrogens (tertiary/aromatic N) is 1. The van der Waals surface area contributed by atoms with Crippen LogP contribution in [0.1, 0.15) is 12.7 Å². The van der Waals surface area contributed by atoms with Gasteiger partial charge in [0.2, 0.25) is 6.41 Å². The number of amides is 1. The van der Waals surface area contributed by atoms with E-state index in [-0.39, 0.29) is 0 Å². The first-order valence-corrected chi connectivity index (χ1v) is 3.02. The molecule has 1 aromatic heterocycles. The molecular weight excluding hydrogens is 132 g/mol. The van der Waals surface area contributed by atoms with Crippen LogP contribution in [0.4, 0.5) is 5.82 Å².